The maximum atomic E-state index is 4.29. The molecule has 0 aromatic carbocycles. The van der Waals surface area contributed by atoms with Gasteiger partial charge in [-0.2, -0.15) is 0 Å². The number of hydrogen-bond donors (Lipinski definition) is 0. The second kappa shape index (κ2) is 4.45. The normalized spacial score (nSPS) is 10.3. The molecule has 15 heavy (non-hydrogen) atoms. The lowest BCUT2D eigenvalue weighted by atomic mass is 10.2. The number of aromatic nitrogens is 2. The fraction of sp³-hybridized carbons (Fsp3) is 0.167. The van der Waals surface area contributed by atoms with Crippen molar-refractivity contribution in [2.24, 2.45) is 0 Å². The molecule has 0 aliphatic carbocycles. The van der Waals surface area contributed by atoms with Crippen LogP contribution in [0.1, 0.15) is 11.3 Å². The first-order valence-corrected chi connectivity index (χ1v) is 5.59. The van der Waals surface area contributed by atoms with E-state index in [-0.39, 0.29) is 0 Å². The molecule has 76 valence electrons. The van der Waals surface area contributed by atoms with Gasteiger partial charge in [0.05, 0.1) is 0 Å². The average molecular weight is 216 g/mol. The summed E-state index contributed by atoms with van der Waals surface area (Å²) in [5, 5.41) is 1.01. The van der Waals surface area contributed by atoms with E-state index >= 15 is 0 Å². The zero-order chi connectivity index (χ0) is 10.7. The largest absolute Gasteiger partial charge is 0.260 e. The number of aryl methyl sites for hydroxylation is 2. The third-order valence-electron chi connectivity index (χ3n) is 2.05. The van der Waals surface area contributed by atoms with Crippen LogP contribution in [0.25, 0.3) is 0 Å². The first kappa shape index (κ1) is 10.2. The molecule has 0 fully saturated rings. The molecule has 0 radical (unpaired) electrons. The van der Waals surface area contributed by atoms with Gasteiger partial charge in [0.15, 0.2) is 0 Å². The van der Waals surface area contributed by atoms with Gasteiger partial charge in [-0.1, -0.05) is 17.8 Å². The van der Waals surface area contributed by atoms with Crippen LogP contribution in [0.4, 0.5) is 0 Å². The zero-order valence-electron chi connectivity index (χ0n) is 8.77. The molecule has 0 N–H and O–H groups in total. The maximum Gasteiger partial charge on any atom is 0.101 e. The summed E-state index contributed by atoms with van der Waals surface area (Å²) in [4.78, 5) is 9.73. The van der Waals surface area contributed by atoms with E-state index in [1.54, 1.807) is 18.0 Å². The monoisotopic (exact) mass is 216 g/mol. The Kier molecular flexibility index (Phi) is 3.02. The summed E-state index contributed by atoms with van der Waals surface area (Å²) in [6, 6.07) is 8.01. The van der Waals surface area contributed by atoms with Crippen LogP contribution in [0.3, 0.4) is 0 Å². The Bertz CT molecular complexity index is 454. The highest BCUT2D eigenvalue weighted by Gasteiger charge is 2.02. The smallest absolute Gasteiger partial charge is 0.101 e. The van der Waals surface area contributed by atoms with Crippen molar-refractivity contribution in [3.05, 3.63) is 47.9 Å². The number of rotatable bonds is 2. The number of hydrogen-bond acceptors (Lipinski definition) is 3. The third-order valence-corrected chi connectivity index (χ3v) is 3.15. The Morgan fingerprint density at radius 3 is 2.67 bits per heavy atom. The highest BCUT2D eigenvalue weighted by molar-refractivity contribution is 7.99. The minimum absolute atomic E-state index is 1.01. The second-order valence-corrected chi connectivity index (χ2v) is 4.42. The van der Waals surface area contributed by atoms with Crippen molar-refractivity contribution in [3.8, 4) is 0 Å². The summed E-state index contributed by atoms with van der Waals surface area (Å²) in [6.45, 7) is 4.10. The molecule has 2 heterocycles. The Labute approximate surface area is 93.8 Å². The fourth-order valence-electron chi connectivity index (χ4n) is 1.31. The summed E-state index contributed by atoms with van der Waals surface area (Å²) >= 11 is 1.65. The lowest BCUT2D eigenvalue weighted by Crippen LogP contribution is -1.86. The van der Waals surface area contributed by atoms with E-state index < -0.39 is 0 Å². The topological polar surface area (TPSA) is 25.8 Å². The average Bonchev–Trinajstić information content (AvgIpc) is 2.24. The quantitative estimate of drug-likeness (QED) is 0.770. The molecular formula is C12H12N2S. The molecule has 0 aliphatic rings. The van der Waals surface area contributed by atoms with Gasteiger partial charge in [-0.05, 0) is 37.6 Å². The van der Waals surface area contributed by atoms with E-state index in [1.165, 1.54) is 10.5 Å². The van der Waals surface area contributed by atoms with Crippen LogP contribution in [0.15, 0.2) is 46.6 Å². The van der Waals surface area contributed by atoms with Gasteiger partial charge in [0, 0.05) is 23.0 Å². The zero-order valence-corrected chi connectivity index (χ0v) is 9.58. The molecule has 3 heteroatoms. The van der Waals surface area contributed by atoms with Gasteiger partial charge in [-0.25, -0.2) is 4.98 Å². The highest BCUT2D eigenvalue weighted by Crippen LogP contribution is 2.27. The molecule has 2 nitrogen and oxygen atoms in total. The SMILES string of the molecule is Cc1cc(C)c(Sc2ccccn2)cn1. The lowest BCUT2D eigenvalue weighted by Gasteiger charge is -2.04. The van der Waals surface area contributed by atoms with E-state index in [4.69, 9.17) is 0 Å². The first-order valence-electron chi connectivity index (χ1n) is 4.78. The van der Waals surface area contributed by atoms with Crippen LogP contribution in [-0.2, 0) is 0 Å². The number of pyridine rings is 2. The van der Waals surface area contributed by atoms with Crippen LogP contribution in [0, 0.1) is 13.8 Å². The van der Waals surface area contributed by atoms with Crippen molar-refractivity contribution in [2.75, 3.05) is 0 Å². The van der Waals surface area contributed by atoms with Gasteiger partial charge in [-0.3, -0.25) is 4.98 Å². The van der Waals surface area contributed by atoms with E-state index in [9.17, 15) is 0 Å². The molecule has 0 saturated heterocycles. The predicted molar refractivity (Wildman–Crippen MR) is 62.1 cm³/mol. The molecule has 0 atom stereocenters. The Hall–Kier alpha value is -1.35. The van der Waals surface area contributed by atoms with Gasteiger partial charge >= 0.3 is 0 Å². The Morgan fingerprint density at radius 1 is 1.13 bits per heavy atom. The van der Waals surface area contributed by atoms with Gasteiger partial charge in [0.25, 0.3) is 0 Å². The number of nitrogens with zero attached hydrogens (tertiary/aromatic N) is 2. The molecule has 0 spiro atoms. The molecule has 0 aliphatic heterocycles. The second-order valence-electron chi connectivity index (χ2n) is 3.36. The van der Waals surface area contributed by atoms with E-state index in [0.717, 1.165) is 10.7 Å². The van der Waals surface area contributed by atoms with Crippen LogP contribution < -0.4 is 0 Å². The van der Waals surface area contributed by atoms with Crippen molar-refractivity contribution in [2.45, 2.75) is 23.8 Å². The van der Waals surface area contributed by atoms with Gasteiger partial charge in [-0.15, -0.1) is 0 Å². The van der Waals surface area contributed by atoms with E-state index in [2.05, 4.69) is 23.0 Å². The van der Waals surface area contributed by atoms with Crippen LogP contribution >= 0.6 is 11.8 Å². The molecular weight excluding hydrogens is 204 g/mol. The highest BCUT2D eigenvalue weighted by atomic mass is 32.2. The first-order chi connectivity index (χ1) is 7.25. The van der Waals surface area contributed by atoms with Crippen LogP contribution in [0.2, 0.25) is 0 Å². The van der Waals surface area contributed by atoms with Gasteiger partial charge < -0.3 is 0 Å². The summed E-state index contributed by atoms with van der Waals surface area (Å²) in [5.41, 5.74) is 2.30. The standard InChI is InChI=1S/C12H12N2S/c1-9-7-10(2)14-8-11(9)15-12-5-3-4-6-13-12/h3-8H,1-2H3. The Morgan fingerprint density at radius 2 is 2.00 bits per heavy atom. The third kappa shape index (κ3) is 2.57. The van der Waals surface area contributed by atoms with E-state index in [1.807, 2.05) is 31.3 Å². The maximum absolute atomic E-state index is 4.29. The minimum atomic E-state index is 1.01. The van der Waals surface area contributed by atoms with E-state index in [0.29, 0.717) is 0 Å². The molecule has 2 aromatic rings. The minimum Gasteiger partial charge on any atom is -0.260 e. The van der Waals surface area contributed by atoms with Crippen LogP contribution in [0.5, 0.6) is 0 Å². The molecule has 0 saturated carbocycles. The van der Waals surface area contributed by atoms with Gasteiger partial charge in [0.1, 0.15) is 5.03 Å². The molecule has 0 unspecified atom stereocenters. The lowest BCUT2D eigenvalue weighted by molar-refractivity contribution is 1.09. The predicted octanol–water partition coefficient (Wildman–Crippen LogP) is 3.24. The van der Waals surface area contributed by atoms with Gasteiger partial charge in [0.2, 0.25) is 0 Å². The summed E-state index contributed by atoms with van der Waals surface area (Å²) < 4.78 is 0. The molecule has 0 bridgehead atoms. The summed E-state index contributed by atoms with van der Waals surface area (Å²) in [5.74, 6) is 0. The van der Waals surface area contributed by atoms with Crippen molar-refractivity contribution in [1.82, 2.24) is 9.97 Å². The van der Waals surface area contributed by atoms with Crippen molar-refractivity contribution < 1.29 is 0 Å². The van der Waals surface area contributed by atoms with Crippen molar-refractivity contribution in [1.29, 1.82) is 0 Å². The molecule has 2 rings (SSSR count). The molecule has 0 amide bonds. The Balaban J connectivity index is 2.25. The molecule has 2 aromatic heterocycles. The fourth-order valence-corrected chi connectivity index (χ4v) is 2.12. The summed E-state index contributed by atoms with van der Waals surface area (Å²) in [7, 11) is 0. The van der Waals surface area contributed by atoms with Crippen molar-refractivity contribution >= 4 is 11.8 Å². The van der Waals surface area contributed by atoms with Crippen molar-refractivity contribution in [3.63, 3.8) is 0 Å². The van der Waals surface area contributed by atoms with Crippen LogP contribution in [-0.4, -0.2) is 9.97 Å². The summed E-state index contributed by atoms with van der Waals surface area (Å²) in [6.07, 6.45) is 3.71.